The zero-order valence-electron chi connectivity index (χ0n) is 13.1. The topological polar surface area (TPSA) is 63.2 Å². The average molecular weight is 317 g/mol. The average Bonchev–Trinajstić information content (AvgIpc) is 2.56. The molecule has 0 unspecified atom stereocenters. The Morgan fingerprint density at radius 3 is 2.65 bits per heavy atom. The van der Waals surface area contributed by atoms with Gasteiger partial charge in [-0.25, -0.2) is 9.18 Å². The van der Waals surface area contributed by atoms with E-state index in [9.17, 15) is 9.18 Å². The number of nitrogens with zero attached hydrogens (tertiary/aromatic N) is 1. The molecule has 0 radical (unpaired) electrons. The number of carbonyl (C=O) groups is 1. The molecule has 2 rings (SSSR count). The van der Waals surface area contributed by atoms with Crippen LogP contribution >= 0.6 is 0 Å². The number of pyridine rings is 1. The number of hydrogen-bond donors (Lipinski definition) is 2. The third kappa shape index (κ3) is 5.25. The molecule has 0 spiro atoms. The van der Waals surface area contributed by atoms with Gasteiger partial charge in [-0.1, -0.05) is 18.2 Å². The van der Waals surface area contributed by atoms with Crippen molar-refractivity contribution in [1.29, 1.82) is 0 Å². The van der Waals surface area contributed by atoms with E-state index in [0.29, 0.717) is 0 Å². The first-order chi connectivity index (χ1) is 11.1. The van der Waals surface area contributed by atoms with Gasteiger partial charge >= 0.3 is 6.03 Å². The van der Waals surface area contributed by atoms with Crippen LogP contribution in [0.2, 0.25) is 0 Å². The van der Waals surface area contributed by atoms with Crippen LogP contribution < -0.4 is 15.4 Å². The molecule has 2 N–H and O–H groups in total. The normalized spacial score (nSPS) is 13.0. The van der Waals surface area contributed by atoms with E-state index in [0.717, 1.165) is 5.69 Å². The number of aromatic nitrogens is 1. The minimum Gasteiger partial charge on any atom is -0.486 e. The van der Waals surface area contributed by atoms with Crippen molar-refractivity contribution in [1.82, 2.24) is 15.6 Å². The Balaban J connectivity index is 1.77. The smallest absolute Gasteiger partial charge is 0.315 e. The van der Waals surface area contributed by atoms with Crippen molar-refractivity contribution in [3.8, 4) is 5.75 Å². The molecule has 122 valence electrons. The standard InChI is InChI=1S/C17H20FN3O2/c1-12(23-16-9-4-3-7-14(16)18)11-20-17(22)21-13(2)15-8-5-6-10-19-15/h3-10,12-13H,11H2,1-2H3,(H2,20,21,22)/t12-,13-/m1/s1. The fraction of sp³-hybridized carbons (Fsp3) is 0.294. The molecule has 5 nitrogen and oxygen atoms in total. The number of urea groups is 1. The quantitative estimate of drug-likeness (QED) is 0.861. The van der Waals surface area contributed by atoms with Crippen LogP contribution in [0.4, 0.5) is 9.18 Å². The van der Waals surface area contributed by atoms with Gasteiger partial charge in [-0.05, 0) is 38.1 Å². The van der Waals surface area contributed by atoms with E-state index in [2.05, 4.69) is 15.6 Å². The Bertz CT molecular complexity index is 637. The Morgan fingerprint density at radius 2 is 1.96 bits per heavy atom. The summed E-state index contributed by atoms with van der Waals surface area (Å²) in [7, 11) is 0. The Labute approximate surface area is 134 Å². The van der Waals surface area contributed by atoms with Gasteiger partial charge < -0.3 is 15.4 Å². The van der Waals surface area contributed by atoms with E-state index in [-0.39, 0.29) is 30.5 Å². The molecule has 2 amide bonds. The van der Waals surface area contributed by atoms with Crippen LogP contribution in [0.25, 0.3) is 0 Å². The van der Waals surface area contributed by atoms with Crippen molar-refractivity contribution < 1.29 is 13.9 Å². The predicted molar refractivity (Wildman–Crippen MR) is 85.7 cm³/mol. The summed E-state index contributed by atoms with van der Waals surface area (Å²) < 4.78 is 18.9. The summed E-state index contributed by atoms with van der Waals surface area (Å²) in [6.45, 7) is 3.87. The molecular formula is C17H20FN3O2. The molecule has 0 aliphatic heterocycles. The minimum atomic E-state index is -0.424. The number of amides is 2. The van der Waals surface area contributed by atoms with Gasteiger partial charge in [0.2, 0.25) is 0 Å². The van der Waals surface area contributed by atoms with Gasteiger partial charge in [-0.3, -0.25) is 4.98 Å². The van der Waals surface area contributed by atoms with Crippen molar-refractivity contribution in [2.24, 2.45) is 0 Å². The number of halogens is 1. The van der Waals surface area contributed by atoms with Crippen molar-refractivity contribution in [3.05, 3.63) is 60.2 Å². The van der Waals surface area contributed by atoms with Gasteiger partial charge in [-0.15, -0.1) is 0 Å². The van der Waals surface area contributed by atoms with Gasteiger partial charge in [-0.2, -0.15) is 0 Å². The monoisotopic (exact) mass is 317 g/mol. The lowest BCUT2D eigenvalue weighted by atomic mass is 10.2. The van der Waals surface area contributed by atoms with E-state index >= 15 is 0 Å². The molecule has 2 aromatic rings. The molecular weight excluding hydrogens is 297 g/mol. The van der Waals surface area contributed by atoms with Crippen LogP contribution in [0.15, 0.2) is 48.7 Å². The number of nitrogens with one attached hydrogen (secondary N) is 2. The molecule has 0 saturated carbocycles. The minimum absolute atomic E-state index is 0.170. The Hall–Kier alpha value is -2.63. The highest BCUT2D eigenvalue weighted by Gasteiger charge is 2.12. The Morgan fingerprint density at radius 1 is 1.22 bits per heavy atom. The van der Waals surface area contributed by atoms with Gasteiger partial charge in [0.15, 0.2) is 11.6 Å². The van der Waals surface area contributed by atoms with Crippen LogP contribution in [0.3, 0.4) is 0 Å². The number of hydrogen-bond acceptors (Lipinski definition) is 3. The number of para-hydroxylation sites is 1. The molecule has 0 aliphatic carbocycles. The summed E-state index contributed by atoms with van der Waals surface area (Å²) in [4.78, 5) is 16.1. The molecule has 2 atom stereocenters. The van der Waals surface area contributed by atoms with Crippen LogP contribution in [0.5, 0.6) is 5.75 Å². The second-order valence-electron chi connectivity index (χ2n) is 5.19. The second-order valence-corrected chi connectivity index (χ2v) is 5.19. The van der Waals surface area contributed by atoms with Gasteiger partial charge in [0.05, 0.1) is 18.3 Å². The maximum Gasteiger partial charge on any atom is 0.315 e. The molecule has 0 fully saturated rings. The second kappa shape index (κ2) is 8.12. The maximum absolute atomic E-state index is 13.5. The largest absolute Gasteiger partial charge is 0.486 e. The molecule has 1 aromatic heterocycles. The van der Waals surface area contributed by atoms with Gasteiger partial charge in [0.25, 0.3) is 0 Å². The van der Waals surface area contributed by atoms with Crippen LogP contribution in [0, 0.1) is 5.82 Å². The van der Waals surface area contributed by atoms with Gasteiger partial charge in [0, 0.05) is 6.20 Å². The number of carbonyl (C=O) groups excluding carboxylic acids is 1. The lowest BCUT2D eigenvalue weighted by Crippen LogP contribution is -2.41. The maximum atomic E-state index is 13.5. The summed E-state index contributed by atoms with van der Waals surface area (Å²) >= 11 is 0. The van der Waals surface area contributed by atoms with Crippen LogP contribution in [-0.4, -0.2) is 23.7 Å². The first kappa shape index (κ1) is 16.7. The molecule has 0 aliphatic rings. The fourth-order valence-electron chi connectivity index (χ4n) is 1.99. The van der Waals surface area contributed by atoms with Crippen molar-refractivity contribution in [2.45, 2.75) is 26.0 Å². The molecule has 1 heterocycles. The van der Waals surface area contributed by atoms with Gasteiger partial charge in [0.1, 0.15) is 6.10 Å². The van der Waals surface area contributed by atoms with E-state index in [1.165, 1.54) is 6.07 Å². The highest BCUT2D eigenvalue weighted by atomic mass is 19.1. The number of benzene rings is 1. The summed E-state index contributed by atoms with van der Waals surface area (Å²) in [5.41, 5.74) is 0.776. The Kier molecular flexibility index (Phi) is 5.91. The van der Waals surface area contributed by atoms with E-state index in [1.54, 1.807) is 31.3 Å². The van der Waals surface area contributed by atoms with Crippen molar-refractivity contribution in [3.63, 3.8) is 0 Å². The zero-order chi connectivity index (χ0) is 16.7. The van der Waals surface area contributed by atoms with Crippen molar-refractivity contribution >= 4 is 6.03 Å². The fourth-order valence-corrected chi connectivity index (χ4v) is 1.99. The van der Waals surface area contributed by atoms with Crippen molar-refractivity contribution in [2.75, 3.05) is 6.54 Å². The molecule has 23 heavy (non-hydrogen) atoms. The number of ether oxygens (including phenoxy) is 1. The first-order valence-electron chi connectivity index (χ1n) is 7.42. The lowest BCUT2D eigenvalue weighted by molar-refractivity contribution is 0.200. The van der Waals surface area contributed by atoms with E-state index in [4.69, 9.17) is 4.74 Å². The molecule has 1 aromatic carbocycles. The third-order valence-corrected chi connectivity index (χ3v) is 3.19. The van der Waals surface area contributed by atoms with E-state index < -0.39 is 5.82 Å². The number of rotatable bonds is 6. The van der Waals surface area contributed by atoms with Crippen LogP contribution in [0.1, 0.15) is 25.6 Å². The highest BCUT2D eigenvalue weighted by molar-refractivity contribution is 5.74. The summed E-state index contributed by atoms with van der Waals surface area (Å²) in [6, 6.07) is 11.2. The summed E-state index contributed by atoms with van der Waals surface area (Å²) in [5, 5.41) is 5.48. The third-order valence-electron chi connectivity index (χ3n) is 3.19. The molecule has 0 saturated heterocycles. The molecule has 6 heteroatoms. The zero-order valence-corrected chi connectivity index (χ0v) is 13.1. The summed E-state index contributed by atoms with van der Waals surface area (Å²) in [6.07, 6.45) is 1.32. The SMILES string of the molecule is C[C@H](CNC(=O)N[C@H](C)c1ccccn1)Oc1ccccc1F. The lowest BCUT2D eigenvalue weighted by Gasteiger charge is -2.18. The van der Waals surface area contributed by atoms with E-state index in [1.807, 2.05) is 25.1 Å². The predicted octanol–water partition coefficient (Wildman–Crippen LogP) is 3.05. The highest BCUT2D eigenvalue weighted by Crippen LogP contribution is 2.16. The van der Waals surface area contributed by atoms with Crippen LogP contribution in [-0.2, 0) is 0 Å². The molecule has 0 bridgehead atoms. The first-order valence-corrected chi connectivity index (χ1v) is 7.42. The summed E-state index contributed by atoms with van der Waals surface area (Å²) in [5.74, 6) is -0.253.